The second-order valence-electron chi connectivity index (χ2n) is 5.69. The smallest absolute Gasteiger partial charge is 0.0728 e. The molecule has 0 aromatic carbocycles. The van der Waals surface area contributed by atoms with Crippen LogP contribution in [0.1, 0.15) is 26.7 Å². The van der Waals surface area contributed by atoms with Gasteiger partial charge in [-0.25, -0.2) is 0 Å². The van der Waals surface area contributed by atoms with Crippen molar-refractivity contribution in [3.63, 3.8) is 0 Å². The molecular formula is C15H28N4O. The monoisotopic (exact) mass is 280 g/mol. The number of hydrogen-bond donors (Lipinski definition) is 1. The van der Waals surface area contributed by atoms with E-state index in [-0.39, 0.29) is 0 Å². The lowest BCUT2D eigenvalue weighted by atomic mass is 9.90. The van der Waals surface area contributed by atoms with Crippen LogP contribution in [0.25, 0.3) is 0 Å². The summed E-state index contributed by atoms with van der Waals surface area (Å²) in [4.78, 5) is 2.53. The fourth-order valence-electron chi connectivity index (χ4n) is 2.90. The Morgan fingerprint density at radius 3 is 2.85 bits per heavy atom. The van der Waals surface area contributed by atoms with Gasteiger partial charge in [0, 0.05) is 19.3 Å². The van der Waals surface area contributed by atoms with Gasteiger partial charge in [-0.05, 0) is 45.3 Å². The maximum absolute atomic E-state index is 5.07. The van der Waals surface area contributed by atoms with Gasteiger partial charge < -0.3 is 15.0 Å². The lowest BCUT2D eigenvalue weighted by molar-refractivity contribution is 0.183. The van der Waals surface area contributed by atoms with Gasteiger partial charge in [0.05, 0.1) is 25.0 Å². The van der Waals surface area contributed by atoms with Gasteiger partial charge in [0.1, 0.15) is 0 Å². The van der Waals surface area contributed by atoms with E-state index in [9.17, 15) is 0 Å². The van der Waals surface area contributed by atoms with Gasteiger partial charge in [-0.2, -0.15) is 5.10 Å². The van der Waals surface area contributed by atoms with Crippen molar-refractivity contribution in [3.05, 3.63) is 12.4 Å². The first-order valence-corrected chi connectivity index (χ1v) is 7.73. The van der Waals surface area contributed by atoms with E-state index >= 15 is 0 Å². The first-order valence-electron chi connectivity index (χ1n) is 7.73. The highest BCUT2D eigenvalue weighted by molar-refractivity contribution is 5.39. The van der Waals surface area contributed by atoms with Crippen LogP contribution in [0.15, 0.2) is 12.4 Å². The number of aromatic nitrogens is 2. The molecule has 0 spiro atoms. The summed E-state index contributed by atoms with van der Waals surface area (Å²) in [6.45, 7) is 9.70. The summed E-state index contributed by atoms with van der Waals surface area (Å²) in [6, 6.07) is 0.508. The van der Waals surface area contributed by atoms with Crippen LogP contribution in [0.3, 0.4) is 0 Å². The largest absolute Gasteiger partial charge is 0.383 e. The Hall–Kier alpha value is -1.07. The first-order chi connectivity index (χ1) is 9.72. The summed E-state index contributed by atoms with van der Waals surface area (Å²) >= 11 is 0. The number of anilines is 1. The number of nitrogens with zero attached hydrogens (tertiary/aromatic N) is 3. The lowest BCUT2D eigenvalue weighted by Crippen LogP contribution is -2.39. The van der Waals surface area contributed by atoms with Crippen LogP contribution in [-0.4, -0.2) is 54.1 Å². The zero-order chi connectivity index (χ0) is 14.4. The van der Waals surface area contributed by atoms with Crippen molar-refractivity contribution in [2.24, 2.45) is 5.92 Å². The number of likely N-dealkylation sites (tertiary alicyclic amines) is 1. The zero-order valence-electron chi connectivity index (χ0n) is 13.0. The second-order valence-corrected chi connectivity index (χ2v) is 5.69. The molecule has 2 rings (SSSR count). The third kappa shape index (κ3) is 4.21. The quantitative estimate of drug-likeness (QED) is 0.830. The minimum absolute atomic E-state index is 0.508. The molecule has 0 radical (unpaired) electrons. The van der Waals surface area contributed by atoms with Crippen molar-refractivity contribution in [2.75, 3.05) is 38.7 Å². The summed E-state index contributed by atoms with van der Waals surface area (Å²) in [6.07, 6.45) is 6.56. The van der Waals surface area contributed by atoms with Crippen LogP contribution in [-0.2, 0) is 11.3 Å². The van der Waals surface area contributed by atoms with Crippen molar-refractivity contribution in [3.8, 4) is 0 Å². The van der Waals surface area contributed by atoms with E-state index in [4.69, 9.17) is 4.74 Å². The van der Waals surface area contributed by atoms with E-state index < -0.39 is 0 Å². The highest BCUT2D eigenvalue weighted by Crippen LogP contribution is 2.22. The van der Waals surface area contributed by atoms with Crippen molar-refractivity contribution < 1.29 is 4.74 Å². The summed E-state index contributed by atoms with van der Waals surface area (Å²) in [5.41, 5.74) is 1.12. The van der Waals surface area contributed by atoms with Gasteiger partial charge >= 0.3 is 0 Å². The average molecular weight is 280 g/mol. The predicted molar refractivity (Wildman–Crippen MR) is 82.0 cm³/mol. The summed E-state index contributed by atoms with van der Waals surface area (Å²) < 4.78 is 6.99. The van der Waals surface area contributed by atoms with Crippen molar-refractivity contribution in [1.82, 2.24) is 14.7 Å². The third-order valence-corrected chi connectivity index (χ3v) is 4.34. The Labute approximate surface area is 122 Å². The predicted octanol–water partition coefficient (Wildman–Crippen LogP) is 2.06. The molecule has 0 amide bonds. The molecule has 1 unspecified atom stereocenters. The molecule has 1 atom stereocenters. The fourth-order valence-corrected chi connectivity index (χ4v) is 2.90. The maximum Gasteiger partial charge on any atom is 0.0728 e. The lowest BCUT2D eigenvalue weighted by Gasteiger charge is -2.34. The SMILES string of the molecule is CCN1CCC(C(C)Nc2cnn(CCOC)c2)CC1. The molecule has 1 fully saturated rings. The molecule has 0 aliphatic carbocycles. The van der Waals surface area contributed by atoms with Gasteiger partial charge in [-0.3, -0.25) is 4.68 Å². The fraction of sp³-hybridized carbons (Fsp3) is 0.800. The number of methoxy groups -OCH3 is 1. The minimum atomic E-state index is 0.508. The van der Waals surface area contributed by atoms with Gasteiger partial charge in [-0.1, -0.05) is 6.92 Å². The normalized spacial score (nSPS) is 19.1. The Balaban J connectivity index is 1.79. The van der Waals surface area contributed by atoms with Crippen molar-refractivity contribution in [1.29, 1.82) is 0 Å². The van der Waals surface area contributed by atoms with E-state index in [2.05, 4.69) is 35.4 Å². The highest BCUT2D eigenvalue weighted by atomic mass is 16.5. The number of rotatable bonds is 7. The Morgan fingerprint density at radius 2 is 2.20 bits per heavy atom. The molecule has 1 N–H and O–H groups in total. The molecule has 20 heavy (non-hydrogen) atoms. The van der Waals surface area contributed by atoms with Gasteiger partial charge in [-0.15, -0.1) is 0 Å². The number of nitrogens with one attached hydrogen (secondary N) is 1. The van der Waals surface area contributed by atoms with Gasteiger partial charge in [0.2, 0.25) is 0 Å². The molecule has 1 aliphatic heterocycles. The maximum atomic E-state index is 5.07. The van der Waals surface area contributed by atoms with Crippen LogP contribution < -0.4 is 5.32 Å². The number of ether oxygens (including phenoxy) is 1. The molecule has 0 bridgehead atoms. The van der Waals surface area contributed by atoms with Crippen LogP contribution in [0.2, 0.25) is 0 Å². The summed E-state index contributed by atoms with van der Waals surface area (Å²) in [7, 11) is 1.72. The summed E-state index contributed by atoms with van der Waals surface area (Å²) in [5, 5.41) is 7.94. The molecule has 5 nitrogen and oxygen atoms in total. The molecule has 1 aliphatic rings. The zero-order valence-corrected chi connectivity index (χ0v) is 13.0. The Kier molecular flexibility index (Phi) is 5.86. The topological polar surface area (TPSA) is 42.3 Å². The third-order valence-electron chi connectivity index (χ3n) is 4.34. The molecule has 5 heteroatoms. The second kappa shape index (κ2) is 7.64. The van der Waals surface area contributed by atoms with E-state index in [0.717, 1.165) is 18.2 Å². The first kappa shape index (κ1) is 15.3. The van der Waals surface area contributed by atoms with Gasteiger partial charge in [0.25, 0.3) is 0 Å². The highest BCUT2D eigenvalue weighted by Gasteiger charge is 2.23. The molecule has 0 saturated carbocycles. The van der Waals surface area contributed by atoms with Crippen LogP contribution in [0, 0.1) is 5.92 Å². The molecule has 2 heterocycles. The Bertz CT molecular complexity index is 385. The number of hydrogen-bond acceptors (Lipinski definition) is 4. The van der Waals surface area contributed by atoms with Crippen molar-refractivity contribution >= 4 is 5.69 Å². The molecular weight excluding hydrogens is 252 g/mol. The standard InChI is InChI=1S/C15H28N4O/c1-4-18-7-5-14(6-8-18)13(2)17-15-11-16-19(12-15)9-10-20-3/h11-14,17H,4-10H2,1-3H3. The average Bonchev–Trinajstić information content (AvgIpc) is 2.92. The number of piperidine rings is 1. The van der Waals surface area contributed by atoms with E-state index in [1.54, 1.807) is 7.11 Å². The van der Waals surface area contributed by atoms with Gasteiger partial charge in [0.15, 0.2) is 0 Å². The molecule has 1 saturated heterocycles. The van der Waals surface area contributed by atoms with E-state index in [1.165, 1.54) is 32.5 Å². The summed E-state index contributed by atoms with van der Waals surface area (Å²) in [5.74, 6) is 0.764. The minimum Gasteiger partial charge on any atom is -0.383 e. The van der Waals surface area contributed by atoms with Crippen molar-refractivity contribution in [2.45, 2.75) is 39.3 Å². The van der Waals surface area contributed by atoms with Crippen LogP contribution >= 0.6 is 0 Å². The van der Waals surface area contributed by atoms with E-state index in [1.807, 2.05) is 10.9 Å². The molecule has 1 aromatic heterocycles. The van der Waals surface area contributed by atoms with Crippen LogP contribution in [0.4, 0.5) is 5.69 Å². The van der Waals surface area contributed by atoms with E-state index in [0.29, 0.717) is 12.6 Å². The molecule has 114 valence electrons. The van der Waals surface area contributed by atoms with Crippen LogP contribution in [0.5, 0.6) is 0 Å². The Morgan fingerprint density at radius 1 is 1.45 bits per heavy atom. The molecule has 1 aromatic rings.